The van der Waals surface area contributed by atoms with Gasteiger partial charge in [0.05, 0.1) is 6.10 Å². The van der Waals surface area contributed by atoms with Crippen LogP contribution in [-0.4, -0.2) is 23.5 Å². The number of carbonyl (C=O) groups is 1. The topological polar surface area (TPSA) is 49.3 Å². The van der Waals surface area contributed by atoms with E-state index in [-0.39, 0.29) is 11.8 Å². The van der Waals surface area contributed by atoms with E-state index in [1.165, 1.54) is 0 Å². The van der Waals surface area contributed by atoms with E-state index in [0.717, 1.165) is 11.1 Å². The summed E-state index contributed by atoms with van der Waals surface area (Å²) in [6.07, 6.45) is -0.145. The van der Waals surface area contributed by atoms with Gasteiger partial charge >= 0.3 is 0 Å². The fourth-order valence-corrected chi connectivity index (χ4v) is 2.23. The van der Waals surface area contributed by atoms with Crippen molar-refractivity contribution < 1.29 is 9.90 Å². The molecule has 0 fully saturated rings. The molecule has 3 heteroatoms. The lowest BCUT2D eigenvalue weighted by Crippen LogP contribution is -2.33. The number of Topliss-reactive ketones (excluding diaryl/α,β-unsaturated/α-hetero) is 1. The third kappa shape index (κ3) is 4.52. The Balaban J connectivity index is 1.79. The second-order valence-corrected chi connectivity index (χ2v) is 5.14. The highest BCUT2D eigenvalue weighted by atomic mass is 16.3. The molecule has 0 spiro atoms. The molecule has 0 aliphatic heterocycles. The number of hydrogen-bond donors (Lipinski definition) is 2. The molecule has 0 unspecified atom stereocenters. The highest BCUT2D eigenvalue weighted by Crippen LogP contribution is 2.16. The zero-order chi connectivity index (χ0) is 15.1. The normalized spacial score (nSPS) is 13.6. The standard InChI is InChI=1S/C18H21NO2/c1-14(18(21)16-10-6-3-7-11-16)19-13-12-17(20)15-8-4-2-5-9-15/h2-11,14,18-19,21H,12-13H2,1H3/t14-,18-/m0/s1. The molecule has 3 nitrogen and oxygen atoms in total. The van der Waals surface area contributed by atoms with E-state index in [4.69, 9.17) is 0 Å². The maximum Gasteiger partial charge on any atom is 0.164 e. The van der Waals surface area contributed by atoms with E-state index in [0.29, 0.717) is 13.0 Å². The number of nitrogens with one attached hydrogen (secondary N) is 1. The van der Waals surface area contributed by atoms with Gasteiger partial charge in [-0.15, -0.1) is 0 Å². The average Bonchev–Trinajstić information content (AvgIpc) is 2.55. The number of carbonyl (C=O) groups excluding carboxylic acids is 1. The lowest BCUT2D eigenvalue weighted by Gasteiger charge is -2.20. The first-order valence-electron chi connectivity index (χ1n) is 7.23. The van der Waals surface area contributed by atoms with Crippen LogP contribution in [0.15, 0.2) is 60.7 Å². The molecule has 0 aliphatic rings. The first-order valence-corrected chi connectivity index (χ1v) is 7.23. The zero-order valence-corrected chi connectivity index (χ0v) is 12.2. The number of hydrogen-bond acceptors (Lipinski definition) is 3. The first-order chi connectivity index (χ1) is 10.2. The van der Waals surface area contributed by atoms with Crippen molar-refractivity contribution in [2.45, 2.75) is 25.5 Å². The molecule has 0 aromatic heterocycles. The van der Waals surface area contributed by atoms with Crippen LogP contribution < -0.4 is 5.32 Å². The molecule has 0 heterocycles. The van der Waals surface area contributed by atoms with E-state index in [1.54, 1.807) is 0 Å². The van der Waals surface area contributed by atoms with Gasteiger partial charge in [0.1, 0.15) is 0 Å². The number of aliphatic hydroxyl groups excluding tert-OH is 1. The Kier molecular flexibility index (Phi) is 5.67. The second kappa shape index (κ2) is 7.72. The largest absolute Gasteiger partial charge is 0.387 e. The molecule has 0 saturated heterocycles. The Hall–Kier alpha value is -1.97. The van der Waals surface area contributed by atoms with Crippen LogP contribution in [0.2, 0.25) is 0 Å². The first kappa shape index (κ1) is 15.4. The summed E-state index contributed by atoms with van der Waals surface area (Å²) in [5.41, 5.74) is 1.61. The third-order valence-electron chi connectivity index (χ3n) is 3.53. The molecule has 21 heavy (non-hydrogen) atoms. The quantitative estimate of drug-likeness (QED) is 0.768. The van der Waals surface area contributed by atoms with Gasteiger partial charge in [0.25, 0.3) is 0 Å². The average molecular weight is 283 g/mol. The van der Waals surface area contributed by atoms with Crippen molar-refractivity contribution in [1.82, 2.24) is 5.32 Å². The number of rotatable bonds is 7. The van der Waals surface area contributed by atoms with Crippen molar-refractivity contribution in [2.24, 2.45) is 0 Å². The fourth-order valence-electron chi connectivity index (χ4n) is 2.23. The number of benzene rings is 2. The molecular weight excluding hydrogens is 262 g/mol. The molecule has 0 aliphatic carbocycles. The predicted molar refractivity (Wildman–Crippen MR) is 84.3 cm³/mol. The molecule has 2 aromatic rings. The Bertz CT molecular complexity index is 554. The van der Waals surface area contributed by atoms with Crippen LogP contribution >= 0.6 is 0 Å². The van der Waals surface area contributed by atoms with Gasteiger partial charge in [0, 0.05) is 24.6 Å². The van der Waals surface area contributed by atoms with Crippen molar-refractivity contribution in [3.05, 3.63) is 71.8 Å². The molecule has 2 atom stereocenters. The molecule has 0 amide bonds. The summed E-state index contributed by atoms with van der Waals surface area (Å²) in [6.45, 7) is 2.48. The Morgan fingerprint density at radius 2 is 1.62 bits per heavy atom. The van der Waals surface area contributed by atoms with Gasteiger partial charge in [0.15, 0.2) is 5.78 Å². The smallest absolute Gasteiger partial charge is 0.164 e. The minimum Gasteiger partial charge on any atom is -0.387 e. The van der Waals surface area contributed by atoms with E-state index >= 15 is 0 Å². The summed E-state index contributed by atoms with van der Waals surface area (Å²) in [5.74, 6) is 0.115. The maximum absolute atomic E-state index is 12.0. The van der Waals surface area contributed by atoms with E-state index in [1.807, 2.05) is 67.6 Å². The maximum atomic E-state index is 12.0. The molecular formula is C18H21NO2. The van der Waals surface area contributed by atoms with E-state index in [9.17, 15) is 9.90 Å². The van der Waals surface area contributed by atoms with Gasteiger partial charge in [0.2, 0.25) is 0 Å². The lowest BCUT2D eigenvalue weighted by atomic mass is 10.0. The molecule has 2 aromatic carbocycles. The lowest BCUT2D eigenvalue weighted by molar-refractivity contribution is 0.0972. The van der Waals surface area contributed by atoms with Crippen LogP contribution in [0, 0.1) is 0 Å². The zero-order valence-electron chi connectivity index (χ0n) is 12.2. The Labute approximate surface area is 125 Å². The van der Waals surface area contributed by atoms with Gasteiger partial charge < -0.3 is 10.4 Å². The molecule has 0 radical (unpaired) electrons. The third-order valence-corrected chi connectivity index (χ3v) is 3.53. The molecule has 0 bridgehead atoms. The van der Waals surface area contributed by atoms with Gasteiger partial charge in [-0.05, 0) is 12.5 Å². The van der Waals surface area contributed by atoms with Crippen molar-refractivity contribution >= 4 is 5.78 Å². The summed E-state index contributed by atoms with van der Waals surface area (Å²) in [4.78, 5) is 12.0. The second-order valence-electron chi connectivity index (χ2n) is 5.14. The van der Waals surface area contributed by atoms with Crippen LogP contribution in [0.3, 0.4) is 0 Å². The fraction of sp³-hybridized carbons (Fsp3) is 0.278. The van der Waals surface area contributed by atoms with Crippen molar-refractivity contribution in [3.8, 4) is 0 Å². The van der Waals surface area contributed by atoms with Crippen LogP contribution in [-0.2, 0) is 0 Å². The Morgan fingerprint density at radius 3 is 2.24 bits per heavy atom. The van der Waals surface area contributed by atoms with Crippen LogP contribution in [0.25, 0.3) is 0 Å². The van der Waals surface area contributed by atoms with Gasteiger partial charge in [-0.25, -0.2) is 0 Å². The van der Waals surface area contributed by atoms with Crippen LogP contribution in [0.1, 0.15) is 35.4 Å². The minimum atomic E-state index is -0.571. The summed E-state index contributed by atoms with van der Waals surface area (Å²) in [5, 5.41) is 13.4. The molecule has 0 saturated carbocycles. The highest BCUT2D eigenvalue weighted by molar-refractivity contribution is 5.96. The SMILES string of the molecule is C[C@H](NCCC(=O)c1ccccc1)[C@H](O)c1ccccc1. The molecule has 2 N–H and O–H groups in total. The predicted octanol–water partition coefficient (Wildman–Crippen LogP) is 2.97. The van der Waals surface area contributed by atoms with Gasteiger partial charge in [-0.2, -0.15) is 0 Å². The van der Waals surface area contributed by atoms with Crippen molar-refractivity contribution in [2.75, 3.05) is 6.54 Å². The summed E-state index contributed by atoms with van der Waals surface area (Å²) in [6, 6.07) is 18.7. The van der Waals surface area contributed by atoms with Gasteiger partial charge in [-0.1, -0.05) is 60.7 Å². The number of aliphatic hydroxyl groups is 1. The monoisotopic (exact) mass is 283 g/mol. The van der Waals surface area contributed by atoms with Crippen LogP contribution in [0.4, 0.5) is 0 Å². The van der Waals surface area contributed by atoms with Crippen LogP contribution in [0.5, 0.6) is 0 Å². The van der Waals surface area contributed by atoms with Gasteiger partial charge in [-0.3, -0.25) is 4.79 Å². The molecule has 110 valence electrons. The van der Waals surface area contributed by atoms with E-state index < -0.39 is 6.10 Å². The van der Waals surface area contributed by atoms with E-state index in [2.05, 4.69) is 5.32 Å². The minimum absolute atomic E-state index is 0.101. The summed E-state index contributed by atoms with van der Waals surface area (Å²) < 4.78 is 0. The van der Waals surface area contributed by atoms with Crippen molar-refractivity contribution in [3.63, 3.8) is 0 Å². The number of ketones is 1. The summed E-state index contributed by atoms with van der Waals surface area (Å²) >= 11 is 0. The molecule has 2 rings (SSSR count). The Morgan fingerprint density at radius 1 is 1.05 bits per heavy atom. The highest BCUT2D eigenvalue weighted by Gasteiger charge is 2.15. The van der Waals surface area contributed by atoms with Crippen molar-refractivity contribution in [1.29, 1.82) is 0 Å². The summed E-state index contributed by atoms with van der Waals surface area (Å²) in [7, 11) is 0.